The average molecular weight is 424 g/mol. The lowest BCUT2D eigenvalue weighted by Crippen LogP contribution is -2.21. The molecule has 0 bridgehead atoms. The van der Waals surface area contributed by atoms with Crippen LogP contribution in [-0.4, -0.2) is 19.1 Å². The largest absolute Gasteiger partial charge is 0.333 e. The average Bonchev–Trinajstić information content (AvgIpc) is 3.13. The fraction of sp³-hybridized carbons (Fsp3) is 0.231. The predicted molar refractivity (Wildman–Crippen MR) is 125 cm³/mol. The van der Waals surface area contributed by atoms with E-state index in [9.17, 15) is 10.1 Å². The van der Waals surface area contributed by atoms with Crippen LogP contribution in [0.1, 0.15) is 32.0 Å². The van der Waals surface area contributed by atoms with E-state index < -0.39 is 5.41 Å². The van der Waals surface area contributed by atoms with Gasteiger partial charge in [0.2, 0.25) is 0 Å². The molecule has 160 valence electrons. The van der Waals surface area contributed by atoms with Gasteiger partial charge in [0.25, 0.3) is 0 Å². The molecule has 0 amide bonds. The van der Waals surface area contributed by atoms with E-state index in [1.165, 1.54) is 0 Å². The molecular weight excluding hydrogens is 398 g/mol. The Morgan fingerprint density at radius 3 is 2.41 bits per heavy atom. The van der Waals surface area contributed by atoms with E-state index in [2.05, 4.69) is 29.0 Å². The lowest BCUT2D eigenvalue weighted by atomic mass is 9.86. The molecule has 0 radical (unpaired) electrons. The topological polar surface area (TPSA) is 76.5 Å². The van der Waals surface area contributed by atoms with Gasteiger partial charge < -0.3 is 4.57 Å². The van der Waals surface area contributed by atoms with Crippen LogP contribution < -0.4 is 5.69 Å². The molecule has 0 spiro atoms. The molecule has 6 heteroatoms. The summed E-state index contributed by atoms with van der Waals surface area (Å²) in [7, 11) is 1.73. The molecule has 32 heavy (non-hydrogen) atoms. The molecule has 0 atom stereocenters. The Hall–Kier alpha value is -3.98. The highest BCUT2D eigenvalue weighted by atomic mass is 16.1. The third kappa shape index (κ3) is 3.85. The van der Waals surface area contributed by atoms with Crippen LogP contribution in [0.5, 0.6) is 0 Å². The van der Waals surface area contributed by atoms with E-state index in [0.717, 1.165) is 34.5 Å². The van der Waals surface area contributed by atoms with Crippen molar-refractivity contribution in [1.82, 2.24) is 19.1 Å². The Morgan fingerprint density at radius 2 is 1.78 bits per heavy atom. The molecule has 0 fully saturated rings. The summed E-state index contributed by atoms with van der Waals surface area (Å²) >= 11 is 0. The van der Waals surface area contributed by atoms with Crippen LogP contribution in [-0.2, 0) is 18.9 Å². The lowest BCUT2D eigenvalue weighted by molar-refractivity contribution is 0.686. The Bertz CT molecular complexity index is 1350. The number of hydrogen-bond donors (Lipinski definition) is 0. The van der Waals surface area contributed by atoms with E-state index in [1.54, 1.807) is 28.6 Å². The van der Waals surface area contributed by atoms with Crippen LogP contribution in [0, 0.1) is 11.3 Å². The quantitative estimate of drug-likeness (QED) is 0.468. The van der Waals surface area contributed by atoms with Gasteiger partial charge >= 0.3 is 5.69 Å². The van der Waals surface area contributed by atoms with Gasteiger partial charge in [-0.25, -0.2) is 4.79 Å². The number of imidazole rings is 1. The first-order valence-corrected chi connectivity index (χ1v) is 10.6. The number of nitrogens with zero attached hydrogens (tertiary/aromatic N) is 5. The van der Waals surface area contributed by atoms with E-state index in [4.69, 9.17) is 0 Å². The van der Waals surface area contributed by atoms with Crippen molar-refractivity contribution < 1.29 is 0 Å². The van der Waals surface area contributed by atoms with E-state index in [1.807, 2.05) is 62.5 Å². The summed E-state index contributed by atoms with van der Waals surface area (Å²) < 4.78 is 3.20. The maximum absolute atomic E-state index is 13.0. The van der Waals surface area contributed by atoms with Crippen molar-refractivity contribution >= 4 is 0 Å². The Morgan fingerprint density at radius 1 is 1.03 bits per heavy atom. The monoisotopic (exact) mass is 423 g/mol. The number of rotatable bonds is 5. The van der Waals surface area contributed by atoms with Crippen LogP contribution in [0.25, 0.3) is 28.2 Å². The minimum atomic E-state index is -0.597. The van der Waals surface area contributed by atoms with Crippen molar-refractivity contribution in [1.29, 1.82) is 5.26 Å². The van der Waals surface area contributed by atoms with Crippen molar-refractivity contribution in [2.24, 2.45) is 7.05 Å². The lowest BCUT2D eigenvalue weighted by Gasteiger charge is -2.16. The first kappa shape index (κ1) is 21.3. The first-order chi connectivity index (χ1) is 15.3. The van der Waals surface area contributed by atoms with Gasteiger partial charge in [-0.05, 0) is 61.7 Å². The van der Waals surface area contributed by atoms with Crippen LogP contribution in [0.15, 0.2) is 71.9 Å². The molecule has 4 aromatic rings. The summed E-state index contributed by atoms with van der Waals surface area (Å²) in [6.45, 7) is 5.83. The van der Waals surface area contributed by atoms with E-state index in [0.29, 0.717) is 11.4 Å². The molecule has 1 aromatic carbocycles. The first-order valence-electron chi connectivity index (χ1n) is 10.6. The smallest absolute Gasteiger partial charge is 0.301 e. The zero-order valence-electron chi connectivity index (χ0n) is 18.7. The second-order valence-corrected chi connectivity index (χ2v) is 8.35. The van der Waals surface area contributed by atoms with Crippen LogP contribution in [0.3, 0.4) is 0 Å². The van der Waals surface area contributed by atoms with Gasteiger partial charge in [0.05, 0.1) is 28.6 Å². The van der Waals surface area contributed by atoms with Gasteiger partial charge in [-0.1, -0.05) is 25.1 Å². The zero-order chi connectivity index (χ0) is 22.9. The standard InChI is InChI=1S/C26H25N5O/c1-5-21-9-6-19(15-29-21)18-12-13-28-23(14-18)24-16-30(4)25(32)31(24)22-10-7-20(8-11-22)26(2,3)17-27/h6-16H,5H2,1-4H3. The van der Waals surface area contributed by atoms with Gasteiger partial charge in [0.1, 0.15) is 0 Å². The van der Waals surface area contributed by atoms with Crippen LogP contribution in [0.4, 0.5) is 0 Å². The van der Waals surface area contributed by atoms with Gasteiger partial charge in [-0.2, -0.15) is 5.26 Å². The molecule has 4 rings (SSSR count). The predicted octanol–water partition coefficient (Wildman–Crippen LogP) is 4.66. The Labute approximate surface area is 187 Å². The number of nitriles is 1. The molecule has 0 unspecified atom stereocenters. The third-order valence-electron chi connectivity index (χ3n) is 5.72. The summed E-state index contributed by atoms with van der Waals surface area (Å²) in [5.41, 5.74) is 5.29. The van der Waals surface area contributed by atoms with Gasteiger partial charge in [0, 0.05) is 36.9 Å². The molecule has 0 saturated carbocycles. The van der Waals surface area contributed by atoms with E-state index in [-0.39, 0.29) is 5.69 Å². The summed E-state index contributed by atoms with van der Waals surface area (Å²) in [6, 6.07) is 17.8. The normalized spacial score (nSPS) is 11.3. The number of benzene rings is 1. The molecule has 0 aliphatic heterocycles. The van der Waals surface area contributed by atoms with Crippen molar-refractivity contribution in [3.05, 3.63) is 88.9 Å². The molecule has 3 aromatic heterocycles. The van der Waals surface area contributed by atoms with Gasteiger partial charge in [0.15, 0.2) is 0 Å². The maximum Gasteiger partial charge on any atom is 0.333 e. The highest BCUT2D eigenvalue weighted by Gasteiger charge is 2.20. The third-order valence-corrected chi connectivity index (χ3v) is 5.72. The number of aryl methyl sites for hydroxylation is 2. The molecule has 0 aliphatic carbocycles. The summed E-state index contributed by atoms with van der Waals surface area (Å²) in [5.74, 6) is 0. The molecular formula is C26H25N5O. The summed E-state index contributed by atoms with van der Waals surface area (Å²) in [5, 5.41) is 9.40. The Balaban J connectivity index is 1.79. The molecule has 0 N–H and O–H groups in total. The summed E-state index contributed by atoms with van der Waals surface area (Å²) in [4.78, 5) is 22.0. The molecule has 6 nitrogen and oxygen atoms in total. The summed E-state index contributed by atoms with van der Waals surface area (Å²) in [6.07, 6.45) is 6.30. The number of hydrogen-bond acceptors (Lipinski definition) is 4. The van der Waals surface area contributed by atoms with Crippen molar-refractivity contribution in [3.8, 4) is 34.3 Å². The maximum atomic E-state index is 13.0. The van der Waals surface area contributed by atoms with Gasteiger partial charge in [-0.3, -0.25) is 14.5 Å². The highest BCUT2D eigenvalue weighted by Crippen LogP contribution is 2.27. The molecule has 3 heterocycles. The van der Waals surface area contributed by atoms with E-state index >= 15 is 0 Å². The van der Waals surface area contributed by atoms with Crippen LogP contribution in [0.2, 0.25) is 0 Å². The zero-order valence-corrected chi connectivity index (χ0v) is 18.7. The fourth-order valence-electron chi connectivity index (χ4n) is 3.63. The van der Waals surface area contributed by atoms with Crippen molar-refractivity contribution in [2.75, 3.05) is 0 Å². The molecule has 0 saturated heterocycles. The fourth-order valence-corrected chi connectivity index (χ4v) is 3.63. The second kappa shape index (κ2) is 8.27. The number of aromatic nitrogens is 4. The van der Waals surface area contributed by atoms with Crippen molar-refractivity contribution in [2.45, 2.75) is 32.6 Å². The Kier molecular flexibility index (Phi) is 5.50. The minimum absolute atomic E-state index is 0.159. The van der Waals surface area contributed by atoms with Gasteiger partial charge in [-0.15, -0.1) is 0 Å². The minimum Gasteiger partial charge on any atom is -0.301 e. The highest BCUT2D eigenvalue weighted by molar-refractivity contribution is 5.69. The second-order valence-electron chi connectivity index (χ2n) is 8.35. The number of pyridine rings is 2. The van der Waals surface area contributed by atoms with Crippen LogP contribution >= 0.6 is 0 Å². The molecule has 0 aliphatic rings. The van der Waals surface area contributed by atoms with Crippen molar-refractivity contribution in [3.63, 3.8) is 0 Å². The SMILES string of the molecule is CCc1ccc(-c2ccnc(-c3cn(C)c(=O)n3-c3ccc(C(C)(C)C#N)cc3)c2)cn1.